The number of benzene rings is 1. The van der Waals surface area contributed by atoms with Crippen molar-refractivity contribution in [2.45, 2.75) is 47.3 Å². The molecular formula is C18H18BrFeN. The molecule has 0 aromatic heterocycles. The molecule has 1 nitrogen and oxygen atoms in total. The van der Waals surface area contributed by atoms with E-state index in [4.69, 9.17) is 0 Å². The van der Waals surface area contributed by atoms with Crippen LogP contribution in [0.25, 0.3) is 0 Å². The first kappa shape index (κ1) is 8.87. The van der Waals surface area contributed by atoms with Crippen LogP contribution in [-0.4, -0.2) is 23.4 Å². The Morgan fingerprint density at radius 3 is 2.00 bits per heavy atom. The molecule has 3 heteroatoms. The molecule has 0 saturated carbocycles. The Kier molecular flexibility index (Phi) is 0.354. The second-order valence-corrected chi connectivity index (χ2v) is 36.1. The molecular weight excluding hydrogens is 366 g/mol. The van der Waals surface area contributed by atoms with E-state index in [1.54, 1.807) is 5.56 Å². The van der Waals surface area contributed by atoms with Gasteiger partial charge in [-0.25, -0.2) is 0 Å². The molecule has 10 heterocycles. The van der Waals surface area contributed by atoms with E-state index in [0.717, 1.165) is 8.75 Å². The number of halogens is 1. The molecule has 1 spiro atoms. The van der Waals surface area contributed by atoms with Crippen LogP contribution in [0, 0.1) is 0 Å². The van der Waals surface area contributed by atoms with Crippen molar-refractivity contribution in [3.8, 4) is 0 Å². The first-order valence-corrected chi connectivity index (χ1v) is 15.5. The van der Waals surface area contributed by atoms with E-state index in [0.29, 0.717) is 0 Å². The summed E-state index contributed by atoms with van der Waals surface area (Å²) in [4.78, 5) is 13.6. The Bertz CT molecular complexity index is 1260. The molecule has 10 aliphatic rings. The summed E-state index contributed by atoms with van der Waals surface area (Å²) in [5, 5.41) is 0. The van der Waals surface area contributed by atoms with Crippen molar-refractivity contribution >= 4 is 15.9 Å². The molecule has 5 atom stereocenters. The van der Waals surface area contributed by atoms with E-state index < -0.39 is 6.51 Å². The number of hydrogen-bond acceptors (Lipinski definition) is 1. The Morgan fingerprint density at radius 1 is 0.952 bits per heavy atom. The second-order valence-electron chi connectivity index (χ2n) is 12.1. The normalized spacial score (nSPS) is 102. The van der Waals surface area contributed by atoms with Gasteiger partial charge in [0.2, 0.25) is 0 Å². The average Bonchev–Trinajstić information content (AvgIpc) is 3.40. The summed E-state index contributed by atoms with van der Waals surface area (Å²) >= 11 is 3.98. The van der Waals surface area contributed by atoms with Crippen molar-refractivity contribution in [1.82, 2.24) is 4.90 Å². The molecule has 0 radical (unpaired) electrons. The Morgan fingerprint density at radius 2 is 1.57 bits per heavy atom. The molecule has 0 N–H and O–H groups in total. The zero-order chi connectivity index (χ0) is 13.5. The number of rotatable bonds is 2. The van der Waals surface area contributed by atoms with E-state index in [1.807, 2.05) is 0 Å². The summed E-state index contributed by atoms with van der Waals surface area (Å²) in [6, 6.07) is 9.43. The predicted octanol–water partition coefficient (Wildman–Crippen LogP) is 4.71. The standard InChI is InChI=1S/C13H13BrN.C5H5.Fe/c1-15(2)13-9-5-7-11(13)10-6-3-4-8-12(10)14;1-2-4-5-3-1;/h3-9H,1-2H3;1-5H;. The first-order valence-electron chi connectivity index (χ1n) is 8.53. The first-order chi connectivity index (χ1) is 9.90. The summed E-state index contributed by atoms with van der Waals surface area (Å²) in [6.07, 6.45) is 0. The number of hydrogen-bond donors (Lipinski definition) is 0. The van der Waals surface area contributed by atoms with Crippen molar-refractivity contribution in [2.75, 3.05) is 14.1 Å². The van der Waals surface area contributed by atoms with Gasteiger partial charge in [0, 0.05) is 0 Å². The van der Waals surface area contributed by atoms with Gasteiger partial charge in [0.05, 0.1) is 0 Å². The molecule has 0 amide bonds. The van der Waals surface area contributed by atoms with Crippen molar-refractivity contribution in [1.29, 1.82) is 0 Å². The molecule has 0 aliphatic carbocycles. The topological polar surface area (TPSA) is 3.24 Å². The van der Waals surface area contributed by atoms with Crippen molar-refractivity contribution in [2.24, 2.45) is 0 Å². The quantitative estimate of drug-likeness (QED) is 0.668. The minimum absolute atomic E-state index is 0.773. The van der Waals surface area contributed by atoms with E-state index in [-0.39, 0.29) is 0 Å². The molecule has 0 bridgehead atoms. The monoisotopic (exact) mass is 383 g/mol. The van der Waals surface area contributed by atoms with Crippen LogP contribution in [0.3, 0.4) is 0 Å². The molecule has 1 aromatic carbocycles. The average molecular weight is 384 g/mol. The zero-order valence-electron chi connectivity index (χ0n) is 12.1. The third kappa shape index (κ3) is 0.107. The fourth-order valence-corrected chi connectivity index (χ4v) is 96.8. The third-order valence-electron chi connectivity index (χ3n) is 16.7. The SMILES string of the molecule is CN(C)[C]12[CH]3[CH]4[CH]5[C]1(c1ccccc1Br)[Fe]45321678[CH]2[CH]1[CH]6[CH]7[CH]28. The van der Waals surface area contributed by atoms with Crippen LogP contribution >= 0.6 is 15.9 Å². The summed E-state index contributed by atoms with van der Waals surface area (Å²) in [5.41, 5.74) is 1.81. The number of fused-ring (bicyclic) bond motifs is 10. The Labute approximate surface area is 122 Å². The van der Waals surface area contributed by atoms with Crippen LogP contribution in [0.5, 0.6) is 0 Å². The molecule has 21 heavy (non-hydrogen) atoms. The van der Waals surface area contributed by atoms with Crippen LogP contribution in [0.4, 0.5) is 0 Å². The molecule has 1 aromatic rings. The molecule has 5 unspecified atom stereocenters. The van der Waals surface area contributed by atoms with Gasteiger partial charge in [-0.2, -0.15) is 0 Å². The third-order valence-corrected chi connectivity index (χ3v) is 60.2. The Hall–Kier alpha value is 0.179. The van der Waals surface area contributed by atoms with Crippen LogP contribution in [0.1, 0.15) is 5.56 Å². The van der Waals surface area contributed by atoms with E-state index in [1.165, 1.54) is 43.0 Å². The van der Waals surface area contributed by atoms with Gasteiger partial charge in [0.15, 0.2) is 0 Å². The van der Waals surface area contributed by atoms with E-state index in [2.05, 4.69) is 59.2 Å². The van der Waals surface area contributed by atoms with Gasteiger partial charge in [-0.3, -0.25) is 0 Å². The van der Waals surface area contributed by atoms with Gasteiger partial charge in [-0.15, -0.1) is 0 Å². The fraction of sp³-hybridized carbons (Fsp3) is 0.667. The van der Waals surface area contributed by atoms with Crippen molar-refractivity contribution in [3.05, 3.63) is 34.3 Å². The summed E-state index contributed by atoms with van der Waals surface area (Å²) in [7, 11) is 4.94. The number of likely N-dealkylation sites (N-methyl/N-ethyl adjacent to an activating group) is 1. The van der Waals surface area contributed by atoms with Crippen LogP contribution in [-0.2, 0) is 10.8 Å². The maximum atomic E-state index is 3.98. The zero-order valence-corrected chi connectivity index (χ0v) is 14.8. The van der Waals surface area contributed by atoms with Crippen LogP contribution < -0.4 is 0 Å². The molecule has 110 valence electrons. The van der Waals surface area contributed by atoms with Crippen LogP contribution in [0.2, 0.25) is 38.5 Å². The van der Waals surface area contributed by atoms with Gasteiger partial charge >= 0.3 is 123 Å². The molecule has 11 rings (SSSR count). The summed E-state index contributed by atoms with van der Waals surface area (Å²) in [5.74, 6) is 0. The molecule has 10 saturated heterocycles. The van der Waals surface area contributed by atoms with E-state index in [9.17, 15) is 0 Å². The van der Waals surface area contributed by atoms with Crippen LogP contribution in [0.15, 0.2) is 28.7 Å². The van der Waals surface area contributed by atoms with Gasteiger partial charge < -0.3 is 0 Å². The summed E-state index contributed by atoms with van der Waals surface area (Å²) in [6.45, 7) is -3.27. The van der Waals surface area contributed by atoms with Crippen molar-refractivity contribution < 1.29 is 6.51 Å². The fourth-order valence-electron chi connectivity index (χ4n) is 19.3. The molecule has 10 aliphatic heterocycles. The Balaban J connectivity index is 1.55. The number of nitrogens with zero attached hydrogens (tertiary/aromatic N) is 1. The maximum absolute atomic E-state index is 3.98. The minimum atomic E-state index is -3.27. The van der Waals surface area contributed by atoms with Gasteiger partial charge in [-0.05, 0) is 0 Å². The second kappa shape index (κ2) is 0.837. The van der Waals surface area contributed by atoms with Gasteiger partial charge in [0.25, 0.3) is 0 Å². The predicted molar refractivity (Wildman–Crippen MR) is 82.2 cm³/mol. The summed E-state index contributed by atoms with van der Waals surface area (Å²) < 4.78 is 3.02. The van der Waals surface area contributed by atoms with Gasteiger partial charge in [0.1, 0.15) is 0 Å². The van der Waals surface area contributed by atoms with Crippen molar-refractivity contribution in [3.63, 3.8) is 0 Å². The molecule has 10 fully saturated rings. The van der Waals surface area contributed by atoms with Gasteiger partial charge in [-0.1, -0.05) is 0 Å². The van der Waals surface area contributed by atoms with E-state index >= 15 is 0 Å².